The van der Waals surface area contributed by atoms with Crippen molar-refractivity contribution in [2.24, 2.45) is 0 Å². The van der Waals surface area contributed by atoms with Crippen LogP contribution >= 0.6 is 23.2 Å². The number of sulfonamides is 1. The van der Waals surface area contributed by atoms with E-state index in [1.54, 1.807) is 0 Å². The number of aliphatic carboxylic acids is 1. The molecule has 1 fully saturated rings. The molecule has 2 N–H and O–H groups in total. The van der Waals surface area contributed by atoms with Crippen LogP contribution in [-0.2, 0) is 19.6 Å². The highest BCUT2D eigenvalue weighted by atomic mass is 35.5. The van der Waals surface area contributed by atoms with Gasteiger partial charge < -0.3 is 15.2 Å². The van der Waals surface area contributed by atoms with Crippen LogP contribution in [0, 0.1) is 0 Å². The molecule has 3 rings (SSSR count). The zero-order valence-electron chi connectivity index (χ0n) is 16.8. The lowest BCUT2D eigenvalue weighted by atomic mass is 10.0. The second kappa shape index (κ2) is 10.2. The van der Waals surface area contributed by atoms with Gasteiger partial charge in [0.25, 0.3) is 0 Å². The fraction of sp³-hybridized carbons (Fsp3) is 0.300. The summed E-state index contributed by atoms with van der Waals surface area (Å²) in [6.45, 7) is -2.94. The average molecular weight is 523 g/mol. The summed E-state index contributed by atoms with van der Waals surface area (Å²) in [6, 6.07) is 6.82. The summed E-state index contributed by atoms with van der Waals surface area (Å²) in [5.41, 5.74) is 0.322. The summed E-state index contributed by atoms with van der Waals surface area (Å²) >= 11 is 11.8. The number of alkyl halides is 2. The van der Waals surface area contributed by atoms with E-state index >= 15 is 0 Å². The third-order valence-corrected chi connectivity index (χ3v) is 7.24. The zero-order valence-corrected chi connectivity index (χ0v) is 19.1. The molecule has 2 aromatic carbocycles. The maximum atomic E-state index is 13.0. The van der Waals surface area contributed by atoms with Crippen molar-refractivity contribution in [1.82, 2.24) is 9.62 Å². The van der Waals surface area contributed by atoms with Crippen molar-refractivity contribution in [2.75, 3.05) is 6.54 Å². The SMILES string of the molecule is O=C(O)C[C@@H](NC(=O)[C@@H]1CCN1S(=O)(=O)c1cc(Cl)cc(Cl)c1)c1ccc(OC(F)F)cc1. The van der Waals surface area contributed by atoms with Gasteiger partial charge in [0.15, 0.2) is 0 Å². The molecule has 0 saturated carbocycles. The molecule has 33 heavy (non-hydrogen) atoms. The number of hydrogen-bond acceptors (Lipinski definition) is 5. The zero-order chi connectivity index (χ0) is 24.3. The number of nitrogens with one attached hydrogen (secondary N) is 1. The Labute approximate surface area is 198 Å². The van der Waals surface area contributed by atoms with Gasteiger partial charge in [-0.05, 0) is 42.3 Å². The first-order valence-electron chi connectivity index (χ1n) is 9.52. The number of hydrogen-bond donors (Lipinski definition) is 2. The van der Waals surface area contributed by atoms with Crippen LogP contribution in [0.5, 0.6) is 5.75 Å². The molecule has 0 aliphatic carbocycles. The van der Waals surface area contributed by atoms with E-state index in [2.05, 4.69) is 10.1 Å². The molecule has 0 spiro atoms. The Morgan fingerprint density at radius 1 is 1.15 bits per heavy atom. The largest absolute Gasteiger partial charge is 0.481 e. The highest BCUT2D eigenvalue weighted by Gasteiger charge is 2.43. The van der Waals surface area contributed by atoms with E-state index in [9.17, 15) is 31.9 Å². The van der Waals surface area contributed by atoms with Crippen LogP contribution in [0.2, 0.25) is 10.0 Å². The van der Waals surface area contributed by atoms with Crippen molar-refractivity contribution < 1.29 is 36.6 Å². The molecule has 1 amide bonds. The van der Waals surface area contributed by atoms with Crippen LogP contribution in [0.25, 0.3) is 0 Å². The molecule has 0 unspecified atom stereocenters. The molecule has 0 aromatic heterocycles. The van der Waals surface area contributed by atoms with Crippen molar-refractivity contribution in [3.05, 3.63) is 58.1 Å². The monoisotopic (exact) mass is 522 g/mol. The molecule has 1 aliphatic rings. The Kier molecular flexibility index (Phi) is 7.78. The third-order valence-electron chi connectivity index (χ3n) is 4.92. The van der Waals surface area contributed by atoms with Gasteiger partial charge in [0.1, 0.15) is 11.8 Å². The first-order valence-corrected chi connectivity index (χ1v) is 11.7. The topological polar surface area (TPSA) is 113 Å². The number of halogens is 4. The van der Waals surface area contributed by atoms with E-state index in [4.69, 9.17) is 23.2 Å². The molecule has 0 bridgehead atoms. The minimum absolute atomic E-state index is 0.0772. The van der Waals surface area contributed by atoms with Crippen LogP contribution in [0.4, 0.5) is 8.78 Å². The van der Waals surface area contributed by atoms with Crippen molar-refractivity contribution >= 4 is 45.1 Å². The summed E-state index contributed by atoms with van der Waals surface area (Å²) in [5.74, 6) is -2.05. The highest BCUT2D eigenvalue weighted by Crippen LogP contribution is 2.31. The minimum atomic E-state index is -4.08. The van der Waals surface area contributed by atoms with E-state index in [0.29, 0.717) is 5.56 Å². The molecule has 2 aromatic rings. The van der Waals surface area contributed by atoms with Crippen LogP contribution in [0.15, 0.2) is 47.4 Å². The van der Waals surface area contributed by atoms with E-state index in [1.165, 1.54) is 42.5 Å². The van der Waals surface area contributed by atoms with Gasteiger partial charge in [-0.2, -0.15) is 13.1 Å². The Morgan fingerprint density at radius 3 is 2.24 bits per heavy atom. The van der Waals surface area contributed by atoms with E-state index < -0.39 is 47.0 Å². The number of carbonyl (C=O) groups is 2. The average Bonchev–Trinajstić information content (AvgIpc) is 2.65. The molecule has 0 radical (unpaired) electrons. The van der Waals surface area contributed by atoms with Crippen molar-refractivity contribution in [2.45, 2.75) is 36.4 Å². The third kappa shape index (κ3) is 6.11. The van der Waals surface area contributed by atoms with Crippen LogP contribution in [0.1, 0.15) is 24.4 Å². The Morgan fingerprint density at radius 2 is 1.76 bits per heavy atom. The maximum Gasteiger partial charge on any atom is 0.387 e. The molecule has 1 saturated heterocycles. The quantitative estimate of drug-likeness (QED) is 0.519. The predicted octanol–water partition coefficient (Wildman–Crippen LogP) is 3.69. The maximum absolute atomic E-state index is 13.0. The Balaban J connectivity index is 1.77. The molecule has 1 heterocycles. The van der Waals surface area contributed by atoms with Crippen molar-refractivity contribution in [1.29, 1.82) is 0 Å². The lowest BCUT2D eigenvalue weighted by Gasteiger charge is -2.39. The fourth-order valence-electron chi connectivity index (χ4n) is 3.30. The smallest absolute Gasteiger partial charge is 0.387 e. The molecular weight excluding hydrogens is 505 g/mol. The van der Waals surface area contributed by atoms with Crippen LogP contribution in [0.3, 0.4) is 0 Å². The molecule has 1 aliphatic heterocycles. The van der Waals surface area contributed by atoms with E-state index in [0.717, 1.165) is 4.31 Å². The lowest BCUT2D eigenvalue weighted by Crippen LogP contribution is -2.58. The summed E-state index contributed by atoms with van der Waals surface area (Å²) in [7, 11) is -4.08. The summed E-state index contributed by atoms with van der Waals surface area (Å²) in [4.78, 5) is 24.0. The fourth-order valence-corrected chi connectivity index (χ4v) is 5.66. The van der Waals surface area contributed by atoms with Crippen LogP contribution in [-0.4, -0.2) is 48.9 Å². The second-order valence-corrected chi connectivity index (χ2v) is 9.90. The van der Waals surface area contributed by atoms with Crippen molar-refractivity contribution in [3.8, 4) is 5.75 Å². The number of nitrogens with zero attached hydrogens (tertiary/aromatic N) is 1. The number of ether oxygens (including phenoxy) is 1. The number of benzene rings is 2. The predicted molar refractivity (Wildman–Crippen MR) is 115 cm³/mol. The molecular formula is C20H18Cl2F2N2O6S. The molecule has 178 valence electrons. The van der Waals surface area contributed by atoms with Gasteiger partial charge in [-0.1, -0.05) is 35.3 Å². The molecule has 2 atom stereocenters. The summed E-state index contributed by atoms with van der Waals surface area (Å²) < 4.78 is 55.8. The van der Waals surface area contributed by atoms with Gasteiger partial charge in [-0.25, -0.2) is 8.42 Å². The Bertz CT molecular complexity index is 1130. The van der Waals surface area contributed by atoms with Gasteiger partial charge in [0.2, 0.25) is 15.9 Å². The van der Waals surface area contributed by atoms with Crippen molar-refractivity contribution in [3.63, 3.8) is 0 Å². The van der Waals surface area contributed by atoms with E-state index in [-0.39, 0.29) is 33.7 Å². The lowest BCUT2D eigenvalue weighted by molar-refractivity contribution is -0.138. The summed E-state index contributed by atoms with van der Waals surface area (Å²) in [5, 5.41) is 12.0. The Hall–Kier alpha value is -2.47. The summed E-state index contributed by atoms with van der Waals surface area (Å²) in [6.07, 6.45) is -0.287. The van der Waals surface area contributed by atoms with Crippen LogP contribution < -0.4 is 10.1 Å². The van der Waals surface area contributed by atoms with Gasteiger partial charge in [-0.15, -0.1) is 0 Å². The number of carboxylic acids is 1. The number of rotatable bonds is 9. The number of carbonyl (C=O) groups excluding carboxylic acids is 1. The standard InChI is InChI=1S/C20H18Cl2F2N2O6S/c21-12-7-13(22)9-15(8-12)33(30,31)26-6-5-17(26)19(29)25-16(10-18(27)28)11-1-3-14(4-2-11)32-20(23)24/h1-4,7-9,16-17,20H,5-6,10H2,(H,25,29)(H,27,28)/t16-,17+/m1/s1. The second-order valence-electron chi connectivity index (χ2n) is 7.13. The minimum Gasteiger partial charge on any atom is -0.481 e. The normalized spacial score (nSPS) is 17.3. The highest BCUT2D eigenvalue weighted by molar-refractivity contribution is 7.89. The first kappa shape index (κ1) is 25.2. The van der Waals surface area contributed by atoms with Gasteiger partial charge in [-0.3, -0.25) is 9.59 Å². The van der Waals surface area contributed by atoms with E-state index in [1.807, 2.05) is 0 Å². The van der Waals surface area contributed by atoms with Gasteiger partial charge in [0, 0.05) is 16.6 Å². The molecule has 13 heteroatoms. The number of amides is 1. The first-order chi connectivity index (χ1) is 15.5. The molecule has 8 nitrogen and oxygen atoms in total. The number of carboxylic acid groups (broad SMARTS) is 1. The van der Waals surface area contributed by atoms with Gasteiger partial charge in [0.05, 0.1) is 17.4 Å². The van der Waals surface area contributed by atoms with Gasteiger partial charge >= 0.3 is 12.6 Å².